The third-order valence-electron chi connectivity index (χ3n) is 3.50. The number of aromatic nitrogens is 1. The molecule has 0 bridgehead atoms. The molecule has 0 aliphatic carbocycles. The molecular formula is C13H24N4OS. The smallest absolute Gasteiger partial charge is 0.265 e. The Labute approximate surface area is 119 Å². The Bertz CT molecular complexity index is 451. The van der Waals surface area contributed by atoms with Crippen LogP contribution in [-0.4, -0.2) is 31.5 Å². The molecule has 0 fully saturated rings. The van der Waals surface area contributed by atoms with Crippen molar-refractivity contribution in [2.45, 2.75) is 27.7 Å². The van der Waals surface area contributed by atoms with E-state index in [2.05, 4.69) is 38.0 Å². The number of carbonyl (C=O) groups is 1. The van der Waals surface area contributed by atoms with E-state index in [4.69, 9.17) is 5.73 Å². The predicted octanol–water partition coefficient (Wildman–Crippen LogP) is 2.20. The summed E-state index contributed by atoms with van der Waals surface area (Å²) in [5.41, 5.74) is 5.85. The van der Waals surface area contributed by atoms with Gasteiger partial charge >= 0.3 is 0 Å². The summed E-state index contributed by atoms with van der Waals surface area (Å²) in [5, 5.41) is 3.69. The third-order valence-corrected chi connectivity index (χ3v) is 4.74. The van der Waals surface area contributed by atoms with E-state index in [0.29, 0.717) is 23.2 Å². The number of amides is 1. The Morgan fingerprint density at radius 2 is 2.05 bits per heavy atom. The van der Waals surface area contributed by atoms with Crippen LogP contribution in [-0.2, 0) is 0 Å². The van der Waals surface area contributed by atoms with Gasteiger partial charge in [-0.25, -0.2) is 4.98 Å². The van der Waals surface area contributed by atoms with Gasteiger partial charge in [0, 0.05) is 20.6 Å². The first-order valence-electron chi connectivity index (χ1n) is 6.37. The van der Waals surface area contributed by atoms with Gasteiger partial charge in [0.15, 0.2) is 5.13 Å². The van der Waals surface area contributed by atoms with Crippen LogP contribution in [0.3, 0.4) is 0 Å². The molecule has 0 aromatic carbocycles. The van der Waals surface area contributed by atoms with Gasteiger partial charge < -0.3 is 16.0 Å². The molecular weight excluding hydrogens is 260 g/mol. The number of nitrogens with one attached hydrogen (secondary N) is 1. The quantitative estimate of drug-likeness (QED) is 0.869. The number of rotatable bonds is 5. The topological polar surface area (TPSA) is 71.2 Å². The summed E-state index contributed by atoms with van der Waals surface area (Å²) in [7, 11) is 3.75. The Hall–Kier alpha value is -1.30. The Morgan fingerprint density at radius 3 is 2.47 bits per heavy atom. The van der Waals surface area contributed by atoms with Crippen molar-refractivity contribution in [2.24, 2.45) is 11.3 Å². The van der Waals surface area contributed by atoms with Gasteiger partial charge in [-0.2, -0.15) is 0 Å². The molecule has 0 radical (unpaired) electrons. The molecule has 19 heavy (non-hydrogen) atoms. The molecule has 3 N–H and O–H groups in total. The van der Waals surface area contributed by atoms with Crippen molar-refractivity contribution in [1.82, 2.24) is 10.3 Å². The molecule has 0 aliphatic rings. The summed E-state index contributed by atoms with van der Waals surface area (Å²) in [5.74, 6) is 0.648. The van der Waals surface area contributed by atoms with Crippen molar-refractivity contribution in [1.29, 1.82) is 0 Å². The first-order valence-corrected chi connectivity index (χ1v) is 7.18. The highest BCUT2D eigenvalue weighted by Gasteiger charge is 2.24. The highest BCUT2D eigenvalue weighted by molar-refractivity contribution is 7.18. The van der Waals surface area contributed by atoms with Crippen LogP contribution in [0, 0.1) is 11.3 Å². The standard InChI is InChI=1S/C13H24N4OS/c1-8(2)13(3,4)7-15-11(18)9-10(14)16-12(19-9)17(5)6/h8H,7,14H2,1-6H3,(H,15,18). The van der Waals surface area contributed by atoms with E-state index in [9.17, 15) is 4.79 Å². The van der Waals surface area contributed by atoms with Crippen LogP contribution < -0.4 is 16.0 Å². The largest absolute Gasteiger partial charge is 0.382 e. The molecule has 0 saturated carbocycles. The molecule has 1 heterocycles. The number of anilines is 2. The zero-order valence-electron chi connectivity index (χ0n) is 12.6. The molecule has 1 aromatic rings. The van der Waals surface area contributed by atoms with Gasteiger partial charge in [0.1, 0.15) is 10.7 Å². The van der Waals surface area contributed by atoms with Gasteiger partial charge in [0.2, 0.25) is 0 Å². The number of hydrogen-bond acceptors (Lipinski definition) is 5. The molecule has 6 heteroatoms. The molecule has 1 amide bonds. The lowest BCUT2D eigenvalue weighted by Gasteiger charge is -2.29. The van der Waals surface area contributed by atoms with Crippen molar-refractivity contribution in [2.75, 3.05) is 31.3 Å². The monoisotopic (exact) mass is 284 g/mol. The van der Waals surface area contributed by atoms with Gasteiger partial charge in [-0.1, -0.05) is 39.0 Å². The SMILES string of the molecule is CC(C)C(C)(C)CNC(=O)c1sc(N(C)C)nc1N. The van der Waals surface area contributed by atoms with E-state index >= 15 is 0 Å². The molecule has 108 valence electrons. The lowest BCUT2D eigenvalue weighted by molar-refractivity contribution is 0.0929. The number of thiazole rings is 1. The second kappa shape index (κ2) is 5.77. The van der Waals surface area contributed by atoms with Crippen molar-refractivity contribution in [3.05, 3.63) is 4.88 Å². The summed E-state index contributed by atoms with van der Waals surface area (Å²) in [6.45, 7) is 9.20. The maximum atomic E-state index is 12.1. The Kier molecular flexibility index (Phi) is 4.79. The molecule has 1 aromatic heterocycles. The van der Waals surface area contributed by atoms with Crippen LogP contribution in [0.15, 0.2) is 0 Å². The molecule has 0 atom stereocenters. The lowest BCUT2D eigenvalue weighted by atomic mass is 9.81. The van der Waals surface area contributed by atoms with E-state index in [0.717, 1.165) is 5.13 Å². The van der Waals surface area contributed by atoms with Gasteiger partial charge in [0.25, 0.3) is 5.91 Å². The van der Waals surface area contributed by atoms with Crippen LogP contribution in [0.5, 0.6) is 0 Å². The predicted molar refractivity (Wildman–Crippen MR) is 81.8 cm³/mol. The molecule has 1 rings (SSSR count). The van der Waals surface area contributed by atoms with Crippen molar-refractivity contribution >= 4 is 28.2 Å². The Balaban J connectivity index is 2.74. The fourth-order valence-corrected chi connectivity index (χ4v) is 2.09. The van der Waals surface area contributed by atoms with Gasteiger partial charge in [-0.15, -0.1) is 0 Å². The maximum Gasteiger partial charge on any atom is 0.265 e. The van der Waals surface area contributed by atoms with Crippen molar-refractivity contribution in [3.8, 4) is 0 Å². The van der Waals surface area contributed by atoms with Crippen LogP contribution in [0.1, 0.15) is 37.4 Å². The highest BCUT2D eigenvalue weighted by Crippen LogP contribution is 2.28. The zero-order chi connectivity index (χ0) is 14.8. The molecule has 0 aliphatic heterocycles. The minimum Gasteiger partial charge on any atom is -0.382 e. The second-order valence-electron chi connectivity index (χ2n) is 5.93. The highest BCUT2D eigenvalue weighted by atomic mass is 32.1. The number of nitrogen functional groups attached to an aromatic ring is 1. The number of hydrogen-bond donors (Lipinski definition) is 2. The van der Waals surface area contributed by atoms with Gasteiger partial charge in [0.05, 0.1) is 0 Å². The lowest BCUT2D eigenvalue weighted by Crippen LogP contribution is -2.36. The van der Waals surface area contributed by atoms with Crippen LogP contribution in [0.2, 0.25) is 0 Å². The minimum absolute atomic E-state index is 0.0550. The maximum absolute atomic E-state index is 12.1. The van der Waals surface area contributed by atoms with E-state index in [1.54, 1.807) is 0 Å². The summed E-state index contributed by atoms with van der Waals surface area (Å²) in [4.78, 5) is 18.6. The minimum atomic E-state index is -0.142. The first kappa shape index (κ1) is 15.8. The number of nitrogens with two attached hydrogens (primary N) is 1. The van der Waals surface area contributed by atoms with E-state index in [1.807, 2.05) is 19.0 Å². The fraction of sp³-hybridized carbons (Fsp3) is 0.692. The summed E-state index contributed by atoms with van der Waals surface area (Å²) in [6.07, 6.45) is 0. The summed E-state index contributed by atoms with van der Waals surface area (Å²) >= 11 is 1.31. The van der Waals surface area contributed by atoms with E-state index in [-0.39, 0.29) is 11.3 Å². The summed E-state index contributed by atoms with van der Waals surface area (Å²) in [6, 6.07) is 0. The van der Waals surface area contributed by atoms with Crippen LogP contribution >= 0.6 is 11.3 Å². The first-order chi connectivity index (χ1) is 8.65. The van der Waals surface area contributed by atoms with Crippen LogP contribution in [0.4, 0.5) is 10.9 Å². The number of carbonyl (C=O) groups excluding carboxylic acids is 1. The van der Waals surface area contributed by atoms with E-state index in [1.165, 1.54) is 11.3 Å². The normalized spacial score (nSPS) is 11.7. The molecule has 0 unspecified atom stereocenters. The van der Waals surface area contributed by atoms with E-state index < -0.39 is 0 Å². The third kappa shape index (κ3) is 3.83. The second-order valence-corrected chi connectivity index (χ2v) is 6.91. The fourth-order valence-electron chi connectivity index (χ4n) is 1.27. The van der Waals surface area contributed by atoms with Gasteiger partial charge in [-0.05, 0) is 11.3 Å². The van der Waals surface area contributed by atoms with Crippen molar-refractivity contribution < 1.29 is 4.79 Å². The molecule has 0 spiro atoms. The molecule has 5 nitrogen and oxygen atoms in total. The van der Waals surface area contributed by atoms with Crippen LogP contribution in [0.25, 0.3) is 0 Å². The summed E-state index contributed by atoms with van der Waals surface area (Å²) < 4.78 is 0. The number of nitrogens with zero attached hydrogens (tertiary/aromatic N) is 2. The van der Waals surface area contributed by atoms with Crippen molar-refractivity contribution in [3.63, 3.8) is 0 Å². The van der Waals surface area contributed by atoms with Gasteiger partial charge in [-0.3, -0.25) is 4.79 Å². The average Bonchev–Trinajstić information content (AvgIpc) is 2.68. The zero-order valence-corrected chi connectivity index (χ0v) is 13.4. The average molecular weight is 284 g/mol. The Morgan fingerprint density at radius 1 is 1.47 bits per heavy atom. The molecule has 0 saturated heterocycles.